The van der Waals surface area contributed by atoms with Crippen molar-refractivity contribution in [2.45, 2.75) is 28.3 Å². The largest absolute Gasteiger partial charge is 0.338 e. The minimum Gasteiger partial charge on any atom is -0.338 e. The lowest BCUT2D eigenvalue weighted by molar-refractivity contribution is 0.391. The summed E-state index contributed by atoms with van der Waals surface area (Å²) in [6.45, 7) is 4.38. The van der Waals surface area contributed by atoms with Gasteiger partial charge < -0.3 is 4.52 Å². The first-order valence-corrected chi connectivity index (χ1v) is 10.4. The molecule has 0 aliphatic rings. The second kappa shape index (κ2) is 8.33. The van der Waals surface area contributed by atoms with Crippen molar-refractivity contribution in [3.05, 3.63) is 35.2 Å². The minimum atomic E-state index is 0.540. The highest BCUT2D eigenvalue weighted by Gasteiger charge is 2.12. The van der Waals surface area contributed by atoms with E-state index in [1.54, 1.807) is 34.9 Å². The van der Waals surface area contributed by atoms with Crippen molar-refractivity contribution in [3.8, 4) is 11.4 Å². The van der Waals surface area contributed by atoms with Crippen LogP contribution >= 0.6 is 46.5 Å². The molecular weight excluding hydrogens is 384 g/mol. The third-order valence-electron chi connectivity index (χ3n) is 2.80. The van der Waals surface area contributed by atoms with Crippen molar-refractivity contribution in [1.82, 2.24) is 20.3 Å². The summed E-state index contributed by atoms with van der Waals surface area (Å²) in [4.78, 5) is 4.40. The zero-order valence-corrected chi connectivity index (χ0v) is 16.3. The maximum Gasteiger partial charge on any atom is 0.237 e. The van der Waals surface area contributed by atoms with Crippen molar-refractivity contribution in [2.24, 2.45) is 5.92 Å². The van der Waals surface area contributed by atoms with Gasteiger partial charge in [0.1, 0.15) is 0 Å². The van der Waals surface area contributed by atoms with Gasteiger partial charge in [-0.25, -0.2) is 0 Å². The van der Waals surface area contributed by atoms with Crippen LogP contribution < -0.4 is 0 Å². The number of rotatable bonds is 7. The van der Waals surface area contributed by atoms with Gasteiger partial charge in [0.15, 0.2) is 8.68 Å². The van der Waals surface area contributed by atoms with Crippen LogP contribution in [0.5, 0.6) is 0 Å². The molecule has 24 heavy (non-hydrogen) atoms. The maximum absolute atomic E-state index is 5.98. The fourth-order valence-electron chi connectivity index (χ4n) is 1.73. The Morgan fingerprint density at radius 2 is 2.00 bits per heavy atom. The molecule has 0 bridgehead atoms. The van der Waals surface area contributed by atoms with E-state index < -0.39 is 0 Å². The Balaban J connectivity index is 1.58. The Morgan fingerprint density at radius 3 is 2.75 bits per heavy atom. The molecule has 0 N–H and O–H groups in total. The van der Waals surface area contributed by atoms with Crippen LogP contribution in [0, 0.1) is 5.92 Å². The number of thioether (sulfide) groups is 2. The SMILES string of the molecule is CC(C)CSc1nnc(SCc2nc(-c3cccc(Cl)c3)no2)s1. The molecule has 0 saturated carbocycles. The van der Waals surface area contributed by atoms with Gasteiger partial charge in [0.05, 0.1) is 5.75 Å². The first-order chi connectivity index (χ1) is 11.6. The lowest BCUT2D eigenvalue weighted by atomic mass is 10.2. The third kappa shape index (κ3) is 4.95. The second-order valence-corrected chi connectivity index (χ2v) is 9.25. The van der Waals surface area contributed by atoms with E-state index in [9.17, 15) is 0 Å². The number of nitrogens with zero attached hydrogens (tertiary/aromatic N) is 4. The Morgan fingerprint density at radius 1 is 1.21 bits per heavy atom. The number of halogens is 1. The molecule has 0 saturated heterocycles. The molecule has 2 heterocycles. The monoisotopic (exact) mass is 398 g/mol. The van der Waals surface area contributed by atoms with Gasteiger partial charge >= 0.3 is 0 Å². The van der Waals surface area contributed by atoms with Gasteiger partial charge in [0.2, 0.25) is 11.7 Å². The molecule has 126 valence electrons. The average Bonchev–Trinajstić information content (AvgIpc) is 3.20. The molecule has 0 atom stereocenters. The van der Waals surface area contributed by atoms with E-state index >= 15 is 0 Å². The molecule has 0 amide bonds. The average molecular weight is 399 g/mol. The van der Waals surface area contributed by atoms with Crippen LogP contribution in [0.3, 0.4) is 0 Å². The maximum atomic E-state index is 5.98. The van der Waals surface area contributed by atoms with E-state index in [1.807, 2.05) is 24.3 Å². The highest BCUT2D eigenvalue weighted by molar-refractivity contribution is 8.02. The fraction of sp³-hybridized carbons (Fsp3) is 0.333. The second-order valence-electron chi connectivity index (χ2n) is 5.35. The standard InChI is InChI=1S/C15H15ClN4OS3/c1-9(2)7-22-14-18-19-15(24-14)23-8-12-17-13(20-21-12)10-4-3-5-11(16)6-10/h3-6,9H,7-8H2,1-2H3. The Bertz CT molecular complexity index is 805. The van der Waals surface area contributed by atoms with E-state index in [0.29, 0.717) is 28.4 Å². The van der Waals surface area contributed by atoms with Crippen LogP contribution in [0.4, 0.5) is 0 Å². The summed E-state index contributed by atoms with van der Waals surface area (Å²) in [5.74, 6) is 3.35. The van der Waals surface area contributed by atoms with Crippen molar-refractivity contribution in [3.63, 3.8) is 0 Å². The van der Waals surface area contributed by atoms with Crippen LogP contribution in [0.2, 0.25) is 5.02 Å². The van der Waals surface area contributed by atoms with Crippen LogP contribution in [-0.4, -0.2) is 26.1 Å². The van der Waals surface area contributed by atoms with Gasteiger partial charge in [0, 0.05) is 16.3 Å². The van der Waals surface area contributed by atoms with Crippen molar-refractivity contribution in [1.29, 1.82) is 0 Å². The first kappa shape index (κ1) is 17.7. The molecule has 0 fully saturated rings. The minimum absolute atomic E-state index is 0.540. The summed E-state index contributed by atoms with van der Waals surface area (Å²) in [5, 5.41) is 13.0. The third-order valence-corrected chi connectivity index (χ3v) is 6.63. The molecule has 9 heteroatoms. The van der Waals surface area contributed by atoms with Gasteiger partial charge in [-0.1, -0.05) is 77.6 Å². The quantitative estimate of drug-likeness (QED) is 0.501. The number of aromatic nitrogens is 4. The lowest BCUT2D eigenvalue weighted by Crippen LogP contribution is -1.89. The van der Waals surface area contributed by atoms with Gasteiger partial charge in [-0.05, 0) is 18.1 Å². The van der Waals surface area contributed by atoms with E-state index in [0.717, 1.165) is 20.0 Å². The van der Waals surface area contributed by atoms with Crippen LogP contribution in [0.25, 0.3) is 11.4 Å². The predicted octanol–water partition coefficient (Wildman–Crippen LogP) is 5.28. The van der Waals surface area contributed by atoms with E-state index in [4.69, 9.17) is 16.1 Å². The summed E-state index contributed by atoms with van der Waals surface area (Å²) in [6.07, 6.45) is 0. The summed E-state index contributed by atoms with van der Waals surface area (Å²) >= 11 is 10.9. The van der Waals surface area contributed by atoms with Crippen LogP contribution in [0.15, 0.2) is 37.5 Å². The zero-order chi connectivity index (χ0) is 16.9. The van der Waals surface area contributed by atoms with E-state index in [1.165, 1.54) is 0 Å². The summed E-state index contributed by atoms with van der Waals surface area (Å²) < 4.78 is 7.20. The zero-order valence-electron chi connectivity index (χ0n) is 13.1. The normalized spacial score (nSPS) is 11.3. The lowest BCUT2D eigenvalue weighted by Gasteiger charge is -1.98. The van der Waals surface area contributed by atoms with Gasteiger partial charge in [-0.15, -0.1) is 10.2 Å². The molecule has 1 aromatic carbocycles. The van der Waals surface area contributed by atoms with Gasteiger partial charge in [-0.3, -0.25) is 0 Å². The molecule has 0 radical (unpaired) electrons. The highest BCUT2D eigenvalue weighted by atomic mass is 35.5. The molecule has 0 aliphatic heterocycles. The number of benzene rings is 1. The molecule has 3 aromatic rings. The Hall–Kier alpha value is -1.09. The van der Waals surface area contributed by atoms with Gasteiger partial charge in [0.25, 0.3) is 0 Å². The van der Waals surface area contributed by atoms with E-state index in [-0.39, 0.29) is 0 Å². The Kier molecular flexibility index (Phi) is 6.15. The smallest absolute Gasteiger partial charge is 0.237 e. The highest BCUT2D eigenvalue weighted by Crippen LogP contribution is 2.31. The van der Waals surface area contributed by atoms with Crippen molar-refractivity contribution < 1.29 is 4.52 Å². The molecule has 2 aromatic heterocycles. The molecule has 0 spiro atoms. The predicted molar refractivity (Wildman–Crippen MR) is 99.8 cm³/mol. The first-order valence-electron chi connectivity index (χ1n) is 7.28. The summed E-state index contributed by atoms with van der Waals surface area (Å²) in [5.41, 5.74) is 0.839. The molecule has 0 unspecified atom stereocenters. The van der Waals surface area contributed by atoms with Crippen molar-refractivity contribution in [2.75, 3.05) is 5.75 Å². The topological polar surface area (TPSA) is 64.7 Å². The molecular formula is C15H15ClN4OS3. The number of hydrogen-bond donors (Lipinski definition) is 0. The fourth-order valence-corrected chi connectivity index (χ4v) is 4.76. The van der Waals surface area contributed by atoms with Crippen molar-refractivity contribution >= 4 is 46.5 Å². The molecule has 0 aliphatic carbocycles. The molecule has 3 rings (SSSR count). The van der Waals surface area contributed by atoms with Crippen LogP contribution in [0.1, 0.15) is 19.7 Å². The number of hydrogen-bond acceptors (Lipinski definition) is 8. The van der Waals surface area contributed by atoms with Crippen LogP contribution in [-0.2, 0) is 5.75 Å². The molecule has 5 nitrogen and oxygen atoms in total. The van der Waals surface area contributed by atoms with Gasteiger partial charge in [-0.2, -0.15) is 4.98 Å². The summed E-state index contributed by atoms with van der Waals surface area (Å²) in [7, 11) is 0. The van der Waals surface area contributed by atoms with E-state index in [2.05, 4.69) is 34.2 Å². The summed E-state index contributed by atoms with van der Waals surface area (Å²) in [6, 6.07) is 7.38. The Labute approximate surface area is 157 Å².